The molecule has 0 amide bonds. The molecule has 1 aromatic rings. The average Bonchev–Trinajstić information content (AvgIpc) is 2.43. The lowest BCUT2D eigenvalue weighted by atomic mass is 10.0. The third kappa shape index (κ3) is 6.37. The number of aliphatic hydroxyl groups excluding tert-OH is 1. The van der Waals surface area contributed by atoms with Gasteiger partial charge in [-0.05, 0) is 32.3 Å². The van der Waals surface area contributed by atoms with Gasteiger partial charge in [-0.25, -0.2) is 0 Å². The number of benzene rings is 1. The van der Waals surface area contributed by atoms with Gasteiger partial charge in [-0.15, -0.1) is 0 Å². The van der Waals surface area contributed by atoms with Crippen molar-refractivity contribution < 1.29 is 9.90 Å². The van der Waals surface area contributed by atoms with Crippen LogP contribution in [0.15, 0.2) is 53.8 Å². The Kier molecular flexibility index (Phi) is 6.78. The summed E-state index contributed by atoms with van der Waals surface area (Å²) in [7, 11) is 0. The van der Waals surface area contributed by atoms with E-state index in [1.54, 1.807) is 0 Å². The van der Waals surface area contributed by atoms with Crippen molar-refractivity contribution in [2.75, 3.05) is 0 Å². The Bertz CT molecular complexity index is 479. The molecule has 0 bridgehead atoms. The highest BCUT2D eigenvalue weighted by atomic mass is 16.3. The van der Waals surface area contributed by atoms with E-state index in [0.717, 1.165) is 12.0 Å². The van der Waals surface area contributed by atoms with Crippen LogP contribution < -0.4 is 0 Å². The van der Waals surface area contributed by atoms with Crippen molar-refractivity contribution in [3.63, 3.8) is 0 Å². The van der Waals surface area contributed by atoms with Gasteiger partial charge in [-0.3, -0.25) is 4.79 Å². The molecule has 1 aromatic carbocycles. The normalized spacial score (nSPS) is 12.8. The lowest BCUT2D eigenvalue weighted by Gasteiger charge is -2.08. The zero-order valence-corrected chi connectivity index (χ0v) is 12.6. The molecule has 0 fully saturated rings. The van der Waals surface area contributed by atoms with Gasteiger partial charge in [-0.1, -0.05) is 48.9 Å². The third-order valence-electron chi connectivity index (χ3n) is 3.20. The molecule has 0 aliphatic rings. The van der Waals surface area contributed by atoms with Gasteiger partial charge in [0, 0.05) is 18.4 Å². The monoisotopic (exact) mass is 272 g/mol. The Hall–Kier alpha value is -1.83. The van der Waals surface area contributed by atoms with Gasteiger partial charge < -0.3 is 5.11 Å². The zero-order chi connectivity index (χ0) is 15.0. The summed E-state index contributed by atoms with van der Waals surface area (Å²) in [5, 5.41) is 9.91. The first-order valence-corrected chi connectivity index (χ1v) is 7.09. The van der Waals surface area contributed by atoms with Gasteiger partial charge in [0.2, 0.25) is 0 Å². The third-order valence-corrected chi connectivity index (χ3v) is 3.20. The van der Waals surface area contributed by atoms with E-state index in [4.69, 9.17) is 0 Å². The highest BCUT2D eigenvalue weighted by Gasteiger charge is 2.08. The minimum Gasteiger partial charge on any atom is -0.512 e. The molecule has 0 saturated carbocycles. The molecule has 0 aliphatic carbocycles. The highest BCUT2D eigenvalue weighted by Crippen LogP contribution is 2.14. The fourth-order valence-corrected chi connectivity index (χ4v) is 1.82. The molecule has 2 nitrogen and oxygen atoms in total. The minimum atomic E-state index is -0.0181. The van der Waals surface area contributed by atoms with Crippen LogP contribution in [0.1, 0.15) is 39.2 Å². The maximum atomic E-state index is 11.8. The Morgan fingerprint density at radius 3 is 2.50 bits per heavy atom. The number of rotatable bonds is 7. The Morgan fingerprint density at radius 2 is 1.90 bits per heavy atom. The smallest absolute Gasteiger partial charge is 0.159 e. The van der Waals surface area contributed by atoms with Crippen LogP contribution in [0, 0.1) is 5.92 Å². The van der Waals surface area contributed by atoms with Crippen molar-refractivity contribution in [3.8, 4) is 0 Å². The molecule has 0 unspecified atom stereocenters. The number of aliphatic hydroxyl groups is 1. The molecule has 108 valence electrons. The number of carbonyl (C=O) groups excluding carboxylic acids is 1. The molecule has 1 atom stereocenters. The van der Waals surface area contributed by atoms with Gasteiger partial charge >= 0.3 is 0 Å². The van der Waals surface area contributed by atoms with Crippen LogP contribution in [0.2, 0.25) is 0 Å². The van der Waals surface area contributed by atoms with Gasteiger partial charge in [0.05, 0.1) is 5.76 Å². The summed E-state index contributed by atoms with van der Waals surface area (Å²) >= 11 is 0. The summed E-state index contributed by atoms with van der Waals surface area (Å²) < 4.78 is 0. The van der Waals surface area contributed by atoms with E-state index in [-0.39, 0.29) is 17.5 Å². The average molecular weight is 272 g/mol. The molecular weight excluding hydrogens is 248 g/mol. The first-order valence-electron chi connectivity index (χ1n) is 7.09. The summed E-state index contributed by atoms with van der Waals surface area (Å²) in [5.74, 6) is 0.154. The second kappa shape index (κ2) is 8.36. The summed E-state index contributed by atoms with van der Waals surface area (Å²) in [5.41, 5.74) is 2.37. The predicted molar refractivity (Wildman–Crippen MR) is 83.7 cm³/mol. The van der Waals surface area contributed by atoms with Crippen LogP contribution in [-0.4, -0.2) is 10.9 Å². The Morgan fingerprint density at radius 1 is 1.25 bits per heavy atom. The largest absolute Gasteiger partial charge is 0.512 e. The van der Waals surface area contributed by atoms with Crippen LogP contribution in [-0.2, 0) is 11.2 Å². The van der Waals surface area contributed by atoms with E-state index in [2.05, 4.69) is 6.08 Å². The van der Waals surface area contributed by atoms with E-state index in [1.165, 1.54) is 11.6 Å². The van der Waals surface area contributed by atoms with E-state index in [0.29, 0.717) is 12.8 Å². The molecule has 0 aromatic heterocycles. The quantitative estimate of drug-likeness (QED) is 0.446. The van der Waals surface area contributed by atoms with Crippen molar-refractivity contribution in [2.45, 2.75) is 40.0 Å². The lowest BCUT2D eigenvalue weighted by molar-refractivity contribution is -0.114. The molecule has 20 heavy (non-hydrogen) atoms. The fourth-order valence-electron chi connectivity index (χ4n) is 1.82. The van der Waals surface area contributed by atoms with Crippen molar-refractivity contribution in [2.24, 2.45) is 5.92 Å². The van der Waals surface area contributed by atoms with E-state index in [9.17, 15) is 9.90 Å². The Labute approximate surface area is 121 Å². The molecule has 0 heterocycles. The van der Waals surface area contributed by atoms with Gasteiger partial charge in [0.15, 0.2) is 5.78 Å². The molecular formula is C18H24O2. The van der Waals surface area contributed by atoms with Crippen LogP contribution in [0.25, 0.3) is 0 Å². The number of allylic oxidation sites excluding steroid dienone is 4. The van der Waals surface area contributed by atoms with Crippen LogP contribution in [0.5, 0.6) is 0 Å². The zero-order valence-electron chi connectivity index (χ0n) is 12.6. The van der Waals surface area contributed by atoms with Crippen molar-refractivity contribution in [3.05, 3.63) is 59.4 Å². The molecule has 2 heteroatoms. The van der Waals surface area contributed by atoms with Crippen LogP contribution in [0.4, 0.5) is 0 Å². The molecule has 1 N–H and O–H groups in total. The number of hydrogen-bond donors (Lipinski definition) is 1. The van der Waals surface area contributed by atoms with Gasteiger partial charge in [0.25, 0.3) is 0 Å². The van der Waals surface area contributed by atoms with Crippen LogP contribution >= 0.6 is 0 Å². The van der Waals surface area contributed by atoms with E-state index in [1.807, 2.05) is 51.1 Å². The number of aryl methyl sites for hydroxylation is 1. The predicted octanol–water partition coefficient (Wildman–Crippen LogP) is 4.62. The maximum Gasteiger partial charge on any atom is 0.159 e. The topological polar surface area (TPSA) is 37.3 Å². The molecule has 0 aliphatic heterocycles. The van der Waals surface area contributed by atoms with Gasteiger partial charge in [0.1, 0.15) is 0 Å². The number of carbonyl (C=O) groups is 1. The second-order valence-corrected chi connectivity index (χ2v) is 5.44. The summed E-state index contributed by atoms with van der Waals surface area (Å²) in [4.78, 5) is 11.8. The SMILES string of the molecule is CC(C)=CC[C@@H](C)/C(O)=C/C(=O)CCc1ccccc1. The van der Waals surface area contributed by atoms with E-state index >= 15 is 0 Å². The number of ketones is 1. The molecule has 1 rings (SSSR count). The number of hydrogen-bond acceptors (Lipinski definition) is 2. The molecule has 0 saturated heterocycles. The van der Waals surface area contributed by atoms with E-state index < -0.39 is 0 Å². The first-order chi connectivity index (χ1) is 9.49. The molecule has 0 spiro atoms. The minimum absolute atomic E-state index is 0.00873. The maximum absolute atomic E-state index is 11.8. The highest BCUT2D eigenvalue weighted by molar-refractivity contribution is 5.90. The molecule has 0 radical (unpaired) electrons. The standard InChI is InChI=1S/C18H24O2/c1-14(2)9-10-15(3)18(20)13-17(19)12-11-16-7-5-4-6-8-16/h4-9,13,15,20H,10-12H2,1-3H3/b18-13-/t15-/m1/s1. The van der Waals surface area contributed by atoms with Crippen molar-refractivity contribution >= 4 is 5.78 Å². The summed E-state index contributed by atoms with van der Waals surface area (Å²) in [6, 6.07) is 9.91. The van der Waals surface area contributed by atoms with Crippen molar-refractivity contribution in [1.82, 2.24) is 0 Å². The van der Waals surface area contributed by atoms with Gasteiger partial charge in [-0.2, -0.15) is 0 Å². The summed E-state index contributed by atoms with van der Waals surface area (Å²) in [6.07, 6.45) is 5.36. The van der Waals surface area contributed by atoms with Crippen molar-refractivity contribution in [1.29, 1.82) is 0 Å². The fraction of sp³-hybridized carbons (Fsp3) is 0.389. The lowest BCUT2D eigenvalue weighted by Crippen LogP contribution is -2.03. The van der Waals surface area contributed by atoms with Crippen LogP contribution in [0.3, 0.4) is 0 Å². The first kappa shape index (κ1) is 16.2. The summed E-state index contributed by atoms with van der Waals surface area (Å²) in [6.45, 7) is 5.98. The Balaban J connectivity index is 2.47. The second-order valence-electron chi connectivity index (χ2n) is 5.44.